The van der Waals surface area contributed by atoms with Gasteiger partial charge in [0, 0.05) is 17.8 Å². The summed E-state index contributed by atoms with van der Waals surface area (Å²) in [7, 11) is 0. The van der Waals surface area contributed by atoms with Gasteiger partial charge in [0.05, 0.1) is 12.6 Å². The SMILES string of the molecule is N#CCCc1ccc(Nc2ncnc3c2c(Nc2ccccc2)nn3Cc2ccccc2)cc1. The van der Waals surface area contributed by atoms with Gasteiger partial charge in [0.1, 0.15) is 17.5 Å². The fraction of sp³-hybridized carbons (Fsp3) is 0.111. The molecular formula is C27H23N7. The summed E-state index contributed by atoms with van der Waals surface area (Å²) >= 11 is 0. The fourth-order valence-corrected chi connectivity index (χ4v) is 3.81. The number of fused-ring (bicyclic) bond motifs is 1. The van der Waals surface area contributed by atoms with Crippen molar-refractivity contribution in [2.24, 2.45) is 0 Å². The maximum absolute atomic E-state index is 8.81. The van der Waals surface area contributed by atoms with Crippen LogP contribution in [0, 0.1) is 11.3 Å². The molecule has 0 unspecified atom stereocenters. The summed E-state index contributed by atoms with van der Waals surface area (Å²) in [5.74, 6) is 1.36. The van der Waals surface area contributed by atoms with Crippen molar-refractivity contribution in [3.63, 3.8) is 0 Å². The number of rotatable bonds is 8. The van der Waals surface area contributed by atoms with Crippen LogP contribution in [0.15, 0.2) is 91.3 Å². The van der Waals surface area contributed by atoms with E-state index in [4.69, 9.17) is 10.4 Å². The monoisotopic (exact) mass is 445 g/mol. The molecule has 5 aromatic rings. The summed E-state index contributed by atoms with van der Waals surface area (Å²) in [6, 6.07) is 30.4. The molecule has 2 aromatic heterocycles. The summed E-state index contributed by atoms with van der Waals surface area (Å²) in [5, 5.41) is 21.3. The molecule has 3 aromatic carbocycles. The van der Waals surface area contributed by atoms with E-state index < -0.39 is 0 Å². The van der Waals surface area contributed by atoms with Crippen LogP contribution in [0.1, 0.15) is 17.5 Å². The van der Waals surface area contributed by atoms with Gasteiger partial charge in [0.15, 0.2) is 11.5 Å². The maximum atomic E-state index is 8.81. The third-order valence-electron chi connectivity index (χ3n) is 5.48. The number of nitrogens with one attached hydrogen (secondary N) is 2. The predicted octanol–water partition coefficient (Wildman–Crippen LogP) is 5.82. The Morgan fingerprint density at radius 3 is 2.15 bits per heavy atom. The number of nitriles is 1. The Hall–Kier alpha value is -4.70. The van der Waals surface area contributed by atoms with Gasteiger partial charge in [-0.1, -0.05) is 60.7 Å². The van der Waals surface area contributed by atoms with Gasteiger partial charge >= 0.3 is 0 Å². The second-order valence-electron chi connectivity index (χ2n) is 7.88. The largest absolute Gasteiger partial charge is 0.339 e. The van der Waals surface area contributed by atoms with Crippen molar-refractivity contribution in [2.75, 3.05) is 10.6 Å². The van der Waals surface area contributed by atoms with Gasteiger partial charge in [0.25, 0.3) is 0 Å². The number of aromatic nitrogens is 4. The highest BCUT2D eigenvalue weighted by molar-refractivity contribution is 5.99. The Kier molecular flexibility index (Phi) is 6.12. The van der Waals surface area contributed by atoms with E-state index in [9.17, 15) is 0 Å². The summed E-state index contributed by atoms with van der Waals surface area (Å²) in [5.41, 5.74) is 4.85. The van der Waals surface area contributed by atoms with Crippen molar-refractivity contribution >= 4 is 34.0 Å². The molecule has 0 amide bonds. The standard InChI is InChI=1S/C27H23N7/c28-17-7-10-20-13-15-23(16-14-20)31-25-24-26(32-22-11-5-2-6-12-22)33-34(27(24)30-19-29-25)18-21-8-3-1-4-9-21/h1-6,8-9,11-16,19H,7,10,18H2,(H,32,33)(H,29,30,31). The molecule has 0 radical (unpaired) electrons. The quantitative estimate of drug-likeness (QED) is 0.313. The lowest BCUT2D eigenvalue weighted by Crippen LogP contribution is -2.03. The second-order valence-corrected chi connectivity index (χ2v) is 7.88. The van der Waals surface area contributed by atoms with Crippen molar-refractivity contribution in [2.45, 2.75) is 19.4 Å². The van der Waals surface area contributed by atoms with E-state index in [1.165, 1.54) is 0 Å². The highest BCUT2D eigenvalue weighted by Gasteiger charge is 2.18. The molecule has 2 heterocycles. The number of hydrogen-bond acceptors (Lipinski definition) is 6. The predicted molar refractivity (Wildman–Crippen MR) is 134 cm³/mol. The maximum Gasteiger partial charge on any atom is 0.165 e. The van der Waals surface area contributed by atoms with Crippen LogP contribution in [0.4, 0.5) is 23.0 Å². The zero-order valence-electron chi connectivity index (χ0n) is 18.5. The molecule has 5 rings (SSSR count). The lowest BCUT2D eigenvalue weighted by atomic mass is 10.1. The van der Waals surface area contributed by atoms with Crippen LogP contribution < -0.4 is 10.6 Å². The molecule has 2 N–H and O–H groups in total. The Bertz CT molecular complexity index is 1420. The zero-order chi connectivity index (χ0) is 23.2. The first-order chi connectivity index (χ1) is 16.8. The third kappa shape index (κ3) is 4.71. The molecule has 34 heavy (non-hydrogen) atoms. The molecule has 0 fully saturated rings. The molecule has 7 nitrogen and oxygen atoms in total. The first-order valence-corrected chi connectivity index (χ1v) is 11.1. The van der Waals surface area contributed by atoms with E-state index in [-0.39, 0.29) is 0 Å². The number of hydrogen-bond donors (Lipinski definition) is 2. The summed E-state index contributed by atoms with van der Waals surface area (Å²) in [6.45, 7) is 0.595. The van der Waals surface area contributed by atoms with E-state index in [0.29, 0.717) is 24.6 Å². The molecule has 0 aliphatic rings. The zero-order valence-corrected chi connectivity index (χ0v) is 18.5. The van der Waals surface area contributed by atoms with Crippen molar-refractivity contribution < 1.29 is 0 Å². The van der Waals surface area contributed by atoms with Gasteiger partial charge in [-0.2, -0.15) is 10.4 Å². The van der Waals surface area contributed by atoms with Gasteiger partial charge in [-0.15, -0.1) is 0 Å². The van der Waals surface area contributed by atoms with Crippen LogP contribution in [-0.4, -0.2) is 19.7 Å². The first-order valence-electron chi connectivity index (χ1n) is 11.1. The molecule has 0 aliphatic heterocycles. The molecule has 0 bridgehead atoms. The summed E-state index contributed by atoms with van der Waals surface area (Å²) in [4.78, 5) is 9.11. The molecule has 0 saturated carbocycles. The van der Waals surface area contributed by atoms with Crippen LogP contribution in [0.3, 0.4) is 0 Å². The normalized spacial score (nSPS) is 10.7. The van der Waals surface area contributed by atoms with Crippen molar-refractivity contribution in [1.29, 1.82) is 5.26 Å². The molecule has 0 aliphatic carbocycles. The average Bonchev–Trinajstić information content (AvgIpc) is 3.22. The Balaban J connectivity index is 1.53. The van der Waals surface area contributed by atoms with E-state index in [2.05, 4.69) is 38.8 Å². The van der Waals surface area contributed by atoms with Crippen molar-refractivity contribution in [3.05, 3.63) is 102 Å². The van der Waals surface area contributed by atoms with Crippen molar-refractivity contribution in [3.8, 4) is 6.07 Å². The van der Waals surface area contributed by atoms with Crippen LogP contribution in [0.2, 0.25) is 0 Å². The van der Waals surface area contributed by atoms with E-state index in [0.717, 1.165) is 40.0 Å². The number of aryl methyl sites for hydroxylation is 1. The van der Waals surface area contributed by atoms with Crippen LogP contribution in [-0.2, 0) is 13.0 Å². The minimum atomic E-state index is 0.508. The lowest BCUT2D eigenvalue weighted by Gasteiger charge is -2.09. The highest BCUT2D eigenvalue weighted by atomic mass is 15.3. The molecule has 7 heteroatoms. The first kappa shape index (κ1) is 21.2. The molecule has 0 saturated heterocycles. The van der Waals surface area contributed by atoms with E-state index in [1.807, 2.05) is 77.5 Å². The van der Waals surface area contributed by atoms with Gasteiger partial charge in [-0.25, -0.2) is 14.6 Å². The van der Waals surface area contributed by atoms with Crippen LogP contribution in [0.5, 0.6) is 0 Å². The van der Waals surface area contributed by atoms with Gasteiger partial charge in [-0.3, -0.25) is 0 Å². The summed E-state index contributed by atoms with van der Waals surface area (Å²) < 4.78 is 1.90. The fourth-order valence-electron chi connectivity index (χ4n) is 3.81. The topological polar surface area (TPSA) is 91.4 Å². The van der Waals surface area contributed by atoms with Crippen molar-refractivity contribution in [1.82, 2.24) is 19.7 Å². The smallest absolute Gasteiger partial charge is 0.165 e. The summed E-state index contributed by atoms with van der Waals surface area (Å²) in [6.07, 6.45) is 2.81. The molecule has 0 spiro atoms. The minimum absolute atomic E-state index is 0.508. The Morgan fingerprint density at radius 2 is 1.41 bits per heavy atom. The molecule has 166 valence electrons. The van der Waals surface area contributed by atoms with Crippen LogP contribution >= 0.6 is 0 Å². The van der Waals surface area contributed by atoms with E-state index in [1.54, 1.807) is 6.33 Å². The highest BCUT2D eigenvalue weighted by Crippen LogP contribution is 2.32. The number of benzene rings is 3. The third-order valence-corrected chi connectivity index (χ3v) is 5.48. The average molecular weight is 446 g/mol. The van der Waals surface area contributed by atoms with Crippen LogP contribution in [0.25, 0.3) is 11.0 Å². The Labute approximate surface area is 197 Å². The van der Waals surface area contributed by atoms with Gasteiger partial charge in [0.2, 0.25) is 0 Å². The molecule has 0 atom stereocenters. The second kappa shape index (κ2) is 9.84. The van der Waals surface area contributed by atoms with Gasteiger partial charge in [-0.05, 0) is 41.8 Å². The Morgan fingerprint density at radius 1 is 0.735 bits per heavy atom. The minimum Gasteiger partial charge on any atom is -0.339 e. The number of para-hydroxylation sites is 1. The number of nitrogens with zero attached hydrogens (tertiary/aromatic N) is 5. The van der Waals surface area contributed by atoms with Gasteiger partial charge < -0.3 is 10.6 Å². The molecular weight excluding hydrogens is 422 g/mol. The number of anilines is 4. The van der Waals surface area contributed by atoms with E-state index >= 15 is 0 Å². The lowest BCUT2D eigenvalue weighted by molar-refractivity contribution is 0.707.